The summed E-state index contributed by atoms with van der Waals surface area (Å²) in [4.78, 5) is 82.6. The number of aromatic nitrogens is 2. The first-order chi connectivity index (χ1) is 37.1. The summed E-state index contributed by atoms with van der Waals surface area (Å²) in [6, 6.07) is 25.3. The number of H-pyrrole nitrogens is 1. The average molecular weight is 1060 g/mol. The van der Waals surface area contributed by atoms with E-state index in [1.165, 1.54) is 16.2 Å². The number of β-amino-alcohol motifs (C(OH)–C–C–N with tert-alkyl or cyclic N) is 1. The Bertz CT molecular complexity index is 3200. The highest BCUT2D eigenvalue weighted by Crippen LogP contribution is 2.36. The quantitative estimate of drug-likeness (QED) is 0.0573. The fraction of sp³-hybridized carbons (Fsp3) is 0.400. The molecule has 0 saturated carbocycles. The molecule has 404 valence electrons. The van der Waals surface area contributed by atoms with Gasteiger partial charge in [-0.05, 0) is 129 Å². The molecule has 0 aliphatic carbocycles. The Morgan fingerprint density at radius 1 is 0.896 bits per heavy atom. The van der Waals surface area contributed by atoms with Gasteiger partial charge in [0.15, 0.2) is 0 Å². The number of aliphatic hydroxyl groups excluding tert-OH is 1. The highest BCUT2D eigenvalue weighted by molar-refractivity contribution is 7.13. The molecule has 2 fully saturated rings. The third-order valence-corrected chi connectivity index (χ3v) is 16.1. The van der Waals surface area contributed by atoms with Gasteiger partial charge >= 0.3 is 0 Å². The van der Waals surface area contributed by atoms with Gasteiger partial charge in [0.1, 0.15) is 36.8 Å². The first kappa shape index (κ1) is 54.4. The molecule has 4 aromatic carbocycles. The number of fused-ring (bicyclic) bond motifs is 1. The van der Waals surface area contributed by atoms with Gasteiger partial charge in [-0.3, -0.25) is 24.0 Å². The highest BCUT2D eigenvalue weighted by Gasteiger charge is 2.46. The fourth-order valence-electron chi connectivity index (χ4n) is 11.1. The number of aromatic amines is 1. The van der Waals surface area contributed by atoms with E-state index in [1.54, 1.807) is 22.5 Å². The largest absolute Gasteiger partial charge is 0.490 e. The standard InChI is InChI=1S/C60H69N7O9S/c1-8-65(45-19-21-74-22-20-45)51-27-44(26-49(38(51)6)56(69)62-31-50-36(4)25-37(5)64-57(50)70)40-15-17-47(18-16-40)75-23-24-76-53-28-41(55-39(7)63-34-77-55)13-14-42(53)30-61-58(71)52-29-46(68)33-66(52)60(73)54(35(2)3)67-32-43-11-9-10-12-48(43)59(67)72/h9-18,25-28,34-35,45-46,52,54,68H,8,19-24,29-33H2,1-7H3,(H,61,71)(H,62,69)(H,64,70)/t46-,52+,54+/m1/s1. The second kappa shape index (κ2) is 23.9. The van der Waals surface area contributed by atoms with Crippen LogP contribution in [0.1, 0.15) is 100.0 Å². The number of amides is 4. The van der Waals surface area contributed by atoms with Crippen LogP contribution in [0.25, 0.3) is 21.6 Å². The molecule has 77 heavy (non-hydrogen) atoms. The fourth-order valence-corrected chi connectivity index (χ4v) is 11.9. The smallest absolute Gasteiger partial charge is 0.255 e. The normalized spacial score (nSPS) is 16.9. The Morgan fingerprint density at radius 3 is 2.34 bits per heavy atom. The lowest BCUT2D eigenvalue weighted by Crippen LogP contribution is -2.55. The summed E-state index contributed by atoms with van der Waals surface area (Å²) in [5.74, 6) is -0.351. The van der Waals surface area contributed by atoms with Crippen molar-refractivity contribution in [2.24, 2.45) is 5.92 Å². The van der Waals surface area contributed by atoms with E-state index in [0.29, 0.717) is 53.5 Å². The number of thiazole rings is 1. The van der Waals surface area contributed by atoms with Gasteiger partial charge in [0.2, 0.25) is 11.8 Å². The minimum atomic E-state index is -0.938. The van der Waals surface area contributed by atoms with Crippen LogP contribution in [-0.4, -0.2) is 112 Å². The molecule has 0 radical (unpaired) electrons. The SMILES string of the molecule is CCN(c1cc(-c2ccc(OCCOc3cc(-c4scnc4C)ccc3CNC(=O)[C@@H]3C[C@@H](O)CN3C(=O)[C@H](C(C)C)N3Cc4ccccc4C3=O)cc2)cc(C(=O)NCc2c(C)cc(C)[nH]c2=O)c1C)C1CCOCC1. The van der Waals surface area contributed by atoms with Gasteiger partial charge in [-0.1, -0.05) is 56.3 Å². The first-order valence-electron chi connectivity index (χ1n) is 26.6. The van der Waals surface area contributed by atoms with Gasteiger partial charge in [0, 0.05) is 92.0 Å². The van der Waals surface area contributed by atoms with Crippen molar-refractivity contribution < 1.29 is 38.5 Å². The third-order valence-electron chi connectivity index (χ3n) is 15.1. The molecule has 0 spiro atoms. The van der Waals surface area contributed by atoms with Crippen LogP contribution >= 0.6 is 11.3 Å². The minimum Gasteiger partial charge on any atom is -0.490 e. The van der Waals surface area contributed by atoms with E-state index in [2.05, 4.69) is 38.5 Å². The van der Waals surface area contributed by atoms with Gasteiger partial charge in [0.05, 0.1) is 22.2 Å². The molecule has 2 aromatic heterocycles. The molecule has 4 amide bonds. The summed E-state index contributed by atoms with van der Waals surface area (Å²) in [6.07, 6.45) is 0.933. The number of carbonyl (C=O) groups excluding carboxylic acids is 4. The van der Waals surface area contributed by atoms with Crippen LogP contribution in [0, 0.1) is 33.6 Å². The van der Waals surface area contributed by atoms with Crippen molar-refractivity contribution in [2.45, 2.75) is 112 Å². The molecule has 5 heterocycles. The third kappa shape index (κ3) is 12.0. The number of nitrogens with zero attached hydrogens (tertiary/aromatic N) is 4. The van der Waals surface area contributed by atoms with Crippen molar-refractivity contribution in [3.8, 4) is 33.1 Å². The predicted octanol–water partition coefficient (Wildman–Crippen LogP) is 8.05. The number of benzene rings is 4. The molecule has 16 nitrogen and oxygen atoms in total. The van der Waals surface area contributed by atoms with Gasteiger partial charge in [-0.15, -0.1) is 11.3 Å². The van der Waals surface area contributed by atoms with Crippen LogP contribution in [0.15, 0.2) is 95.2 Å². The first-order valence-corrected chi connectivity index (χ1v) is 27.5. The molecule has 3 atom stereocenters. The molecule has 2 saturated heterocycles. The van der Waals surface area contributed by atoms with Crippen molar-refractivity contribution in [1.82, 2.24) is 30.4 Å². The van der Waals surface area contributed by atoms with Crippen LogP contribution in [0.2, 0.25) is 0 Å². The number of rotatable bonds is 19. The number of nitrogens with one attached hydrogen (secondary N) is 3. The summed E-state index contributed by atoms with van der Waals surface area (Å²) in [5, 5.41) is 16.9. The minimum absolute atomic E-state index is 0.0176. The lowest BCUT2D eigenvalue weighted by atomic mass is 9.95. The van der Waals surface area contributed by atoms with Gasteiger partial charge in [-0.25, -0.2) is 4.98 Å². The Labute approximate surface area is 453 Å². The molecular formula is C60H69N7O9S. The van der Waals surface area contributed by atoms with Crippen LogP contribution < -0.4 is 30.6 Å². The molecule has 3 aliphatic heterocycles. The molecule has 6 aromatic rings. The lowest BCUT2D eigenvalue weighted by Gasteiger charge is -2.37. The van der Waals surface area contributed by atoms with E-state index >= 15 is 0 Å². The zero-order chi connectivity index (χ0) is 54.5. The summed E-state index contributed by atoms with van der Waals surface area (Å²) >= 11 is 1.52. The summed E-state index contributed by atoms with van der Waals surface area (Å²) < 4.78 is 18.4. The number of aryl methyl sites for hydroxylation is 3. The number of carbonyl (C=O) groups is 4. The van der Waals surface area contributed by atoms with E-state index in [0.717, 1.165) is 74.7 Å². The maximum atomic E-state index is 14.4. The van der Waals surface area contributed by atoms with E-state index in [4.69, 9.17) is 14.2 Å². The maximum Gasteiger partial charge on any atom is 0.255 e. The Balaban J connectivity index is 0.880. The Morgan fingerprint density at radius 2 is 1.64 bits per heavy atom. The van der Waals surface area contributed by atoms with Crippen molar-refractivity contribution >= 4 is 40.7 Å². The van der Waals surface area contributed by atoms with Crippen LogP contribution in [0.4, 0.5) is 5.69 Å². The molecule has 0 bridgehead atoms. The van der Waals surface area contributed by atoms with Gasteiger partial charge < -0.3 is 49.6 Å². The topological polar surface area (TPSA) is 196 Å². The zero-order valence-corrected chi connectivity index (χ0v) is 45.8. The molecule has 17 heteroatoms. The van der Waals surface area contributed by atoms with E-state index in [1.807, 2.05) is 108 Å². The molecule has 3 aliphatic rings. The number of likely N-dealkylation sites (tertiary alicyclic amines) is 1. The number of pyridine rings is 1. The molecule has 9 rings (SSSR count). The van der Waals surface area contributed by atoms with Gasteiger partial charge in [-0.2, -0.15) is 0 Å². The molecular weight excluding hydrogens is 995 g/mol. The number of ether oxygens (including phenoxy) is 3. The summed E-state index contributed by atoms with van der Waals surface area (Å²) in [6.45, 7) is 16.5. The van der Waals surface area contributed by atoms with Gasteiger partial charge in [0.25, 0.3) is 17.4 Å². The number of anilines is 1. The summed E-state index contributed by atoms with van der Waals surface area (Å²) in [5.41, 5.74) is 11.7. The molecule has 4 N–H and O–H groups in total. The monoisotopic (exact) mass is 1060 g/mol. The second-order valence-electron chi connectivity index (χ2n) is 20.6. The average Bonchev–Trinajstić information content (AvgIpc) is 4.13. The number of hydrogen-bond donors (Lipinski definition) is 4. The van der Waals surface area contributed by atoms with Crippen LogP contribution in [0.5, 0.6) is 11.5 Å². The van der Waals surface area contributed by atoms with Crippen molar-refractivity contribution in [3.63, 3.8) is 0 Å². The Hall–Kier alpha value is -7.34. The second-order valence-corrected chi connectivity index (χ2v) is 21.5. The van der Waals surface area contributed by atoms with E-state index < -0.39 is 24.1 Å². The molecule has 0 unspecified atom stereocenters. The van der Waals surface area contributed by atoms with Crippen LogP contribution in [-0.2, 0) is 34.0 Å². The maximum absolute atomic E-state index is 14.4. The zero-order valence-electron chi connectivity index (χ0n) is 44.9. The number of hydrogen-bond acceptors (Lipinski definition) is 12. The van der Waals surface area contributed by atoms with Crippen molar-refractivity contribution in [2.75, 3.05) is 44.4 Å². The van der Waals surface area contributed by atoms with Crippen molar-refractivity contribution in [1.29, 1.82) is 0 Å². The van der Waals surface area contributed by atoms with E-state index in [-0.39, 0.29) is 74.5 Å². The highest BCUT2D eigenvalue weighted by atomic mass is 32.1. The lowest BCUT2D eigenvalue weighted by molar-refractivity contribution is -0.143. The van der Waals surface area contributed by atoms with E-state index in [9.17, 15) is 29.1 Å². The Kier molecular flexibility index (Phi) is 16.9. The van der Waals surface area contributed by atoms with Crippen LogP contribution in [0.3, 0.4) is 0 Å². The predicted molar refractivity (Wildman–Crippen MR) is 297 cm³/mol. The van der Waals surface area contributed by atoms with Crippen molar-refractivity contribution in [3.05, 3.63) is 151 Å². The number of aliphatic hydroxyl groups is 1. The summed E-state index contributed by atoms with van der Waals surface area (Å²) in [7, 11) is 0.